The van der Waals surface area contributed by atoms with Gasteiger partial charge in [-0.3, -0.25) is 0 Å². The van der Waals surface area contributed by atoms with Gasteiger partial charge < -0.3 is 15.4 Å². The SMILES string of the molecule is CS(=O)(=O)CCNCc1ncc(-c2ccc3ncnc(Nc4ccc(Oc5ccccc5)cc4)c3c2)s1. The first kappa shape index (κ1) is 24.8. The number of fused-ring (bicyclic) bond motifs is 1. The molecule has 0 atom stereocenters. The van der Waals surface area contributed by atoms with Gasteiger partial charge in [0.25, 0.3) is 0 Å². The van der Waals surface area contributed by atoms with E-state index in [4.69, 9.17) is 4.74 Å². The Kier molecular flexibility index (Phi) is 7.40. The van der Waals surface area contributed by atoms with Crippen LogP contribution in [0.25, 0.3) is 21.3 Å². The molecule has 188 valence electrons. The van der Waals surface area contributed by atoms with Crippen LogP contribution in [0.3, 0.4) is 0 Å². The molecule has 0 aliphatic carbocycles. The van der Waals surface area contributed by atoms with Crippen LogP contribution < -0.4 is 15.4 Å². The zero-order valence-electron chi connectivity index (χ0n) is 20.1. The van der Waals surface area contributed by atoms with Crippen LogP contribution >= 0.6 is 11.3 Å². The second kappa shape index (κ2) is 11.0. The molecule has 2 N–H and O–H groups in total. The van der Waals surface area contributed by atoms with Gasteiger partial charge in [-0.15, -0.1) is 11.3 Å². The quantitative estimate of drug-likeness (QED) is 0.230. The molecule has 2 aromatic heterocycles. The van der Waals surface area contributed by atoms with Gasteiger partial charge in [0.15, 0.2) is 0 Å². The van der Waals surface area contributed by atoms with E-state index in [2.05, 4.69) is 31.7 Å². The van der Waals surface area contributed by atoms with Gasteiger partial charge in [-0.2, -0.15) is 0 Å². The smallest absolute Gasteiger partial charge is 0.148 e. The number of benzene rings is 3. The summed E-state index contributed by atoms with van der Waals surface area (Å²) in [7, 11) is -2.98. The van der Waals surface area contributed by atoms with E-state index in [1.807, 2.05) is 72.9 Å². The molecule has 0 radical (unpaired) electrons. The van der Waals surface area contributed by atoms with Gasteiger partial charge in [0.2, 0.25) is 0 Å². The van der Waals surface area contributed by atoms with E-state index in [-0.39, 0.29) is 5.75 Å². The first-order valence-corrected chi connectivity index (χ1v) is 14.5. The average Bonchev–Trinajstić information content (AvgIpc) is 3.37. The number of aromatic nitrogens is 3. The van der Waals surface area contributed by atoms with E-state index in [0.717, 1.165) is 43.5 Å². The average molecular weight is 532 g/mol. The second-order valence-corrected chi connectivity index (χ2v) is 11.8. The van der Waals surface area contributed by atoms with Gasteiger partial charge in [0, 0.05) is 36.6 Å². The van der Waals surface area contributed by atoms with E-state index >= 15 is 0 Å². The second-order valence-electron chi connectivity index (χ2n) is 8.44. The number of hydrogen-bond acceptors (Lipinski definition) is 9. The number of sulfone groups is 1. The fourth-order valence-corrected chi connectivity index (χ4v) is 5.05. The predicted molar refractivity (Wildman–Crippen MR) is 148 cm³/mol. The monoisotopic (exact) mass is 531 g/mol. The topological polar surface area (TPSA) is 106 Å². The van der Waals surface area contributed by atoms with Crippen LogP contribution in [0, 0.1) is 0 Å². The number of para-hydroxylation sites is 1. The Morgan fingerprint density at radius 3 is 2.49 bits per heavy atom. The molecular formula is C27H25N5O3S2. The van der Waals surface area contributed by atoms with Crippen molar-refractivity contribution in [3.05, 3.63) is 90.3 Å². The van der Waals surface area contributed by atoms with E-state index < -0.39 is 9.84 Å². The van der Waals surface area contributed by atoms with E-state index in [9.17, 15) is 8.42 Å². The Balaban J connectivity index is 1.30. The highest BCUT2D eigenvalue weighted by Gasteiger charge is 2.10. The predicted octanol–water partition coefficient (Wildman–Crippen LogP) is 5.42. The number of anilines is 2. The number of nitrogens with zero attached hydrogens (tertiary/aromatic N) is 3. The molecule has 3 aromatic carbocycles. The molecule has 2 heterocycles. The maximum absolute atomic E-state index is 11.3. The molecule has 0 aliphatic heterocycles. The van der Waals surface area contributed by atoms with Crippen molar-refractivity contribution in [1.82, 2.24) is 20.3 Å². The number of thiazole rings is 1. The van der Waals surface area contributed by atoms with Gasteiger partial charge in [-0.05, 0) is 54.1 Å². The lowest BCUT2D eigenvalue weighted by molar-refractivity contribution is 0.483. The minimum absolute atomic E-state index is 0.106. The Labute approximate surface area is 219 Å². The third-order valence-corrected chi connectivity index (χ3v) is 7.49. The van der Waals surface area contributed by atoms with E-state index in [0.29, 0.717) is 18.9 Å². The summed E-state index contributed by atoms with van der Waals surface area (Å²) in [6.07, 6.45) is 4.62. The fourth-order valence-electron chi connectivity index (χ4n) is 3.66. The maximum atomic E-state index is 11.3. The molecule has 10 heteroatoms. The van der Waals surface area contributed by atoms with Gasteiger partial charge in [0.05, 0.1) is 16.1 Å². The minimum atomic E-state index is -2.98. The first-order valence-electron chi connectivity index (χ1n) is 11.6. The molecule has 0 saturated heterocycles. The largest absolute Gasteiger partial charge is 0.457 e. The minimum Gasteiger partial charge on any atom is -0.457 e. The van der Waals surface area contributed by atoms with Crippen LogP contribution in [0.4, 0.5) is 11.5 Å². The van der Waals surface area contributed by atoms with Gasteiger partial charge in [0.1, 0.15) is 38.5 Å². The number of ether oxygens (including phenoxy) is 1. The van der Waals surface area contributed by atoms with Crippen molar-refractivity contribution >= 4 is 43.6 Å². The summed E-state index contributed by atoms with van der Waals surface area (Å²) >= 11 is 1.57. The Morgan fingerprint density at radius 2 is 1.70 bits per heavy atom. The highest BCUT2D eigenvalue weighted by atomic mass is 32.2. The molecule has 0 fully saturated rings. The van der Waals surface area contributed by atoms with Gasteiger partial charge >= 0.3 is 0 Å². The summed E-state index contributed by atoms with van der Waals surface area (Å²) < 4.78 is 28.5. The maximum Gasteiger partial charge on any atom is 0.148 e. The molecule has 0 bridgehead atoms. The molecule has 5 rings (SSSR count). The molecule has 0 aliphatic rings. The Hall–Kier alpha value is -3.86. The highest BCUT2D eigenvalue weighted by molar-refractivity contribution is 7.90. The lowest BCUT2D eigenvalue weighted by atomic mass is 10.1. The van der Waals surface area contributed by atoms with Crippen molar-refractivity contribution in [3.63, 3.8) is 0 Å². The van der Waals surface area contributed by atoms with Crippen molar-refractivity contribution in [2.75, 3.05) is 23.9 Å². The van der Waals surface area contributed by atoms with E-state index in [1.54, 1.807) is 17.7 Å². The van der Waals surface area contributed by atoms with Crippen LogP contribution in [0.2, 0.25) is 0 Å². The van der Waals surface area contributed by atoms with Crippen LogP contribution in [0.1, 0.15) is 5.01 Å². The summed E-state index contributed by atoms with van der Waals surface area (Å²) in [5.41, 5.74) is 2.72. The molecule has 37 heavy (non-hydrogen) atoms. The third-order valence-electron chi connectivity index (χ3n) is 5.50. The number of nitrogens with one attached hydrogen (secondary N) is 2. The summed E-state index contributed by atoms with van der Waals surface area (Å²) in [5.74, 6) is 2.34. The van der Waals surface area contributed by atoms with Crippen molar-refractivity contribution in [3.8, 4) is 21.9 Å². The summed E-state index contributed by atoms with van der Waals surface area (Å²) in [6.45, 7) is 0.920. The molecule has 0 unspecified atom stereocenters. The normalized spacial score (nSPS) is 11.5. The lowest BCUT2D eigenvalue weighted by Gasteiger charge is -2.10. The van der Waals surface area contributed by atoms with Crippen LogP contribution in [-0.4, -0.2) is 41.9 Å². The molecule has 0 amide bonds. The lowest BCUT2D eigenvalue weighted by Crippen LogP contribution is -2.21. The Morgan fingerprint density at radius 1 is 0.919 bits per heavy atom. The van der Waals surface area contributed by atoms with Crippen molar-refractivity contribution in [2.24, 2.45) is 0 Å². The molecular weight excluding hydrogens is 506 g/mol. The Bertz CT molecular complexity index is 1600. The van der Waals surface area contributed by atoms with E-state index in [1.165, 1.54) is 6.26 Å². The zero-order valence-corrected chi connectivity index (χ0v) is 21.7. The van der Waals surface area contributed by atoms with Crippen LogP contribution in [-0.2, 0) is 16.4 Å². The molecule has 5 aromatic rings. The summed E-state index contributed by atoms with van der Waals surface area (Å²) in [4.78, 5) is 14.4. The number of rotatable bonds is 10. The summed E-state index contributed by atoms with van der Waals surface area (Å²) in [5, 5.41) is 8.31. The molecule has 0 spiro atoms. The zero-order chi connectivity index (χ0) is 25.7. The van der Waals surface area contributed by atoms with Crippen LogP contribution in [0.15, 0.2) is 85.3 Å². The standard InChI is InChI=1S/C27H25N5O3S2/c1-37(33,34)14-13-28-17-26-29-16-25(36-26)19-7-12-24-23(15-19)27(31-18-30-24)32-20-8-10-22(11-9-20)35-21-5-3-2-4-6-21/h2-12,15-16,18,28H,13-14,17H2,1H3,(H,30,31,32). The summed E-state index contributed by atoms with van der Waals surface area (Å²) in [6, 6.07) is 23.4. The number of hydrogen-bond donors (Lipinski definition) is 2. The van der Waals surface area contributed by atoms with Crippen molar-refractivity contribution in [1.29, 1.82) is 0 Å². The van der Waals surface area contributed by atoms with Gasteiger partial charge in [-0.25, -0.2) is 23.4 Å². The third kappa shape index (κ3) is 6.67. The van der Waals surface area contributed by atoms with Crippen molar-refractivity contribution < 1.29 is 13.2 Å². The fraction of sp³-hybridized carbons (Fsp3) is 0.148. The van der Waals surface area contributed by atoms with Crippen LogP contribution in [0.5, 0.6) is 11.5 Å². The molecule has 8 nitrogen and oxygen atoms in total. The molecule has 0 saturated carbocycles. The first-order chi connectivity index (χ1) is 17.9. The van der Waals surface area contributed by atoms with Gasteiger partial charge in [-0.1, -0.05) is 24.3 Å². The van der Waals surface area contributed by atoms with Crippen molar-refractivity contribution in [2.45, 2.75) is 6.54 Å². The highest BCUT2D eigenvalue weighted by Crippen LogP contribution is 2.32.